The van der Waals surface area contributed by atoms with E-state index < -0.39 is 23.6 Å². The maximum Gasteiger partial charge on any atom is 0.416 e. The van der Waals surface area contributed by atoms with E-state index in [0.29, 0.717) is 0 Å². The number of rotatable bonds is 5. The van der Waals surface area contributed by atoms with Crippen molar-refractivity contribution in [2.75, 3.05) is 43.4 Å². The van der Waals surface area contributed by atoms with Gasteiger partial charge in [0.25, 0.3) is 0 Å². The Kier molecular flexibility index (Phi) is 6.60. The summed E-state index contributed by atoms with van der Waals surface area (Å²) >= 11 is 0. The second-order valence-electron chi connectivity index (χ2n) is 8.56. The molecule has 0 radical (unpaired) electrons. The molecule has 0 bridgehead atoms. The lowest BCUT2D eigenvalue weighted by atomic mass is 10.0. The van der Waals surface area contributed by atoms with E-state index in [2.05, 4.69) is 45.7 Å². The maximum absolute atomic E-state index is 12.9. The highest BCUT2D eigenvalue weighted by Gasteiger charge is 2.31. The van der Waals surface area contributed by atoms with Crippen LogP contribution < -0.4 is 15.5 Å². The van der Waals surface area contributed by atoms with Crippen molar-refractivity contribution >= 4 is 23.2 Å². The second-order valence-corrected chi connectivity index (χ2v) is 8.56. The highest BCUT2D eigenvalue weighted by Crippen LogP contribution is 2.32. The van der Waals surface area contributed by atoms with Crippen LogP contribution in [-0.2, 0) is 22.2 Å². The normalized spacial score (nSPS) is 17.0. The van der Waals surface area contributed by atoms with Crippen LogP contribution in [0.2, 0.25) is 0 Å². The van der Waals surface area contributed by atoms with Gasteiger partial charge < -0.3 is 15.5 Å². The van der Waals surface area contributed by atoms with Crippen molar-refractivity contribution in [2.24, 2.45) is 0 Å². The summed E-state index contributed by atoms with van der Waals surface area (Å²) in [4.78, 5) is 29.3. The van der Waals surface area contributed by atoms with Crippen LogP contribution in [0, 0.1) is 0 Å². The fourth-order valence-electron chi connectivity index (χ4n) is 4.54. The minimum Gasteiger partial charge on any atom is -0.374 e. The minimum atomic E-state index is -4.53. The lowest BCUT2D eigenvalue weighted by Crippen LogP contribution is -2.41. The molecule has 9 heteroatoms. The highest BCUT2D eigenvalue weighted by molar-refractivity contribution is 6.39. The van der Waals surface area contributed by atoms with Crippen molar-refractivity contribution in [3.8, 4) is 0 Å². The highest BCUT2D eigenvalue weighted by atomic mass is 19.4. The predicted octanol–water partition coefficient (Wildman–Crippen LogP) is 3.59. The van der Waals surface area contributed by atoms with Crippen molar-refractivity contribution in [3.05, 3.63) is 59.2 Å². The number of likely N-dealkylation sites (N-methyl/N-ethyl adjacent to an activating group) is 1. The zero-order chi connectivity index (χ0) is 23.6. The van der Waals surface area contributed by atoms with Crippen molar-refractivity contribution in [1.29, 1.82) is 0 Å². The van der Waals surface area contributed by atoms with Crippen LogP contribution in [0.1, 0.15) is 35.6 Å². The quantitative estimate of drug-likeness (QED) is 0.670. The van der Waals surface area contributed by atoms with Gasteiger partial charge in [-0.1, -0.05) is 18.2 Å². The van der Waals surface area contributed by atoms with Gasteiger partial charge in [-0.25, -0.2) is 0 Å². The Bertz CT molecular complexity index is 1030. The number of amides is 2. The number of alkyl halides is 3. The molecule has 0 aromatic heterocycles. The third-order valence-corrected chi connectivity index (χ3v) is 6.31. The summed E-state index contributed by atoms with van der Waals surface area (Å²) < 4.78 is 38.7. The molecule has 0 saturated carbocycles. The van der Waals surface area contributed by atoms with E-state index in [-0.39, 0.29) is 18.3 Å². The van der Waals surface area contributed by atoms with Crippen LogP contribution in [-0.4, -0.2) is 49.9 Å². The Hall–Kier alpha value is -3.07. The predicted molar refractivity (Wildman–Crippen MR) is 120 cm³/mol. The number of likely N-dealkylation sites (tertiary alicyclic amines) is 1. The molecule has 2 heterocycles. The van der Waals surface area contributed by atoms with Crippen molar-refractivity contribution in [1.82, 2.24) is 10.2 Å². The lowest BCUT2D eigenvalue weighted by molar-refractivity contribution is -0.137. The molecule has 0 spiro atoms. The first-order valence-corrected chi connectivity index (χ1v) is 11.1. The molecular formula is C24H27F3N4O2. The third kappa shape index (κ3) is 5.30. The second kappa shape index (κ2) is 9.43. The number of fused-ring (bicyclic) bond motifs is 1. The van der Waals surface area contributed by atoms with Gasteiger partial charge in [-0.3, -0.25) is 14.5 Å². The summed E-state index contributed by atoms with van der Waals surface area (Å²) in [5, 5.41) is 4.93. The van der Waals surface area contributed by atoms with Crippen LogP contribution in [0.25, 0.3) is 0 Å². The van der Waals surface area contributed by atoms with Crippen LogP contribution in [0.3, 0.4) is 0 Å². The van der Waals surface area contributed by atoms with E-state index in [1.165, 1.54) is 23.4 Å². The Labute approximate surface area is 190 Å². The molecule has 1 fully saturated rings. The molecule has 33 heavy (non-hydrogen) atoms. The largest absolute Gasteiger partial charge is 0.416 e. The molecule has 2 aromatic rings. The van der Waals surface area contributed by atoms with Crippen LogP contribution in [0.5, 0.6) is 0 Å². The van der Waals surface area contributed by atoms with Crippen LogP contribution in [0.4, 0.5) is 24.5 Å². The van der Waals surface area contributed by atoms with Gasteiger partial charge in [0.15, 0.2) is 0 Å². The van der Waals surface area contributed by atoms with Gasteiger partial charge in [-0.05, 0) is 67.7 Å². The number of nitrogens with zero attached hydrogens (tertiary/aromatic N) is 2. The first kappa shape index (κ1) is 23.1. The number of carbonyl (C=O) groups excluding carboxylic acids is 2. The summed E-state index contributed by atoms with van der Waals surface area (Å²) in [5.74, 6) is -1.87. The summed E-state index contributed by atoms with van der Waals surface area (Å²) in [5.41, 5.74) is 2.60. The monoisotopic (exact) mass is 460 g/mol. The zero-order valence-electron chi connectivity index (χ0n) is 18.4. The summed E-state index contributed by atoms with van der Waals surface area (Å²) in [6.07, 6.45) is -1.41. The number of benzene rings is 2. The van der Waals surface area contributed by atoms with Gasteiger partial charge in [0.1, 0.15) is 0 Å². The summed E-state index contributed by atoms with van der Waals surface area (Å²) in [6.45, 7) is 3.03. The minimum absolute atomic E-state index is 0.0750. The van der Waals surface area contributed by atoms with E-state index in [1.54, 1.807) is 0 Å². The molecular weight excluding hydrogens is 433 g/mol. The SMILES string of the molecule is CN1CCc2cc(C(CNC(=O)C(=O)Nc3cccc(C(F)(F)F)c3)N3CCCC3)ccc21. The molecule has 1 saturated heterocycles. The van der Waals surface area contributed by atoms with Crippen LogP contribution >= 0.6 is 0 Å². The Balaban J connectivity index is 1.42. The van der Waals surface area contributed by atoms with Gasteiger partial charge >= 0.3 is 18.0 Å². The van der Waals surface area contributed by atoms with Crippen molar-refractivity contribution in [3.63, 3.8) is 0 Å². The fourth-order valence-corrected chi connectivity index (χ4v) is 4.54. The van der Waals surface area contributed by atoms with Gasteiger partial charge in [-0.15, -0.1) is 0 Å². The molecule has 4 rings (SSSR count). The van der Waals surface area contributed by atoms with E-state index in [1.807, 2.05) is 0 Å². The Morgan fingerprint density at radius 2 is 1.79 bits per heavy atom. The lowest BCUT2D eigenvalue weighted by Gasteiger charge is -2.28. The van der Waals surface area contributed by atoms with E-state index in [0.717, 1.165) is 56.6 Å². The number of hydrogen-bond acceptors (Lipinski definition) is 4. The molecule has 2 amide bonds. The van der Waals surface area contributed by atoms with Gasteiger partial charge in [0, 0.05) is 31.5 Å². The molecule has 1 unspecified atom stereocenters. The van der Waals surface area contributed by atoms with Crippen molar-refractivity contribution in [2.45, 2.75) is 31.5 Å². The summed E-state index contributed by atoms with van der Waals surface area (Å²) in [7, 11) is 2.06. The van der Waals surface area contributed by atoms with Gasteiger partial charge in [0.05, 0.1) is 11.6 Å². The summed E-state index contributed by atoms with van der Waals surface area (Å²) in [6, 6.07) is 10.5. The number of hydrogen-bond donors (Lipinski definition) is 2. The molecule has 2 aliphatic heterocycles. The molecule has 2 aromatic carbocycles. The first-order valence-electron chi connectivity index (χ1n) is 11.1. The Morgan fingerprint density at radius 3 is 2.52 bits per heavy atom. The average Bonchev–Trinajstić information content (AvgIpc) is 3.44. The average molecular weight is 461 g/mol. The first-order chi connectivity index (χ1) is 15.7. The zero-order valence-corrected chi connectivity index (χ0v) is 18.4. The molecule has 6 nitrogen and oxygen atoms in total. The number of nitrogens with one attached hydrogen (secondary N) is 2. The molecule has 2 aliphatic rings. The molecule has 1 atom stereocenters. The van der Waals surface area contributed by atoms with Crippen LogP contribution in [0.15, 0.2) is 42.5 Å². The Morgan fingerprint density at radius 1 is 1.03 bits per heavy atom. The van der Waals surface area contributed by atoms with Crippen molar-refractivity contribution < 1.29 is 22.8 Å². The number of carbonyl (C=O) groups is 2. The molecule has 0 aliphatic carbocycles. The number of anilines is 2. The number of halogens is 3. The van der Waals surface area contributed by atoms with E-state index in [9.17, 15) is 22.8 Å². The van der Waals surface area contributed by atoms with Gasteiger partial charge in [-0.2, -0.15) is 13.2 Å². The standard InChI is InChI=1S/C24H27F3N4O2/c1-30-12-9-17-13-16(7-8-20(17)30)21(31-10-2-3-11-31)15-28-22(32)23(33)29-19-6-4-5-18(14-19)24(25,26)27/h4-8,13-14,21H,2-3,9-12,15H2,1H3,(H,28,32)(H,29,33). The fraction of sp³-hybridized carbons (Fsp3) is 0.417. The molecule has 176 valence electrons. The topological polar surface area (TPSA) is 64.7 Å². The third-order valence-electron chi connectivity index (χ3n) is 6.31. The smallest absolute Gasteiger partial charge is 0.374 e. The maximum atomic E-state index is 12.9. The van der Waals surface area contributed by atoms with E-state index >= 15 is 0 Å². The van der Waals surface area contributed by atoms with E-state index in [4.69, 9.17) is 0 Å². The van der Waals surface area contributed by atoms with Gasteiger partial charge in [0.2, 0.25) is 0 Å². The molecule has 2 N–H and O–H groups in total.